The third-order valence-electron chi connectivity index (χ3n) is 2.13. The number of methoxy groups -OCH3 is 2. The van der Waals surface area contributed by atoms with E-state index in [2.05, 4.69) is 4.74 Å². The lowest BCUT2D eigenvalue weighted by molar-refractivity contribution is -0.148. The molecule has 14 heavy (non-hydrogen) atoms. The van der Waals surface area contributed by atoms with Crippen molar-refractivity contribution >= 4 is 5.97 Å². The van der Waals surface area contributed by atoms with E-state index in [4.69, 9.17) is 16.2 Å². The van der Waals surface area contributed by atoms with Gasteiger partial charge in [-0.3, -0.25) is 0 Å². The third-order valence-corrected chi connectivity index (χ3v) is 2.13. The van der Waals surface area contributed by atoms with Crippen molar-refractivity contribution in [2.24, 2.45) is 11.5 Å². The van der Waals surface area contributed by atoms with E-state index in [1.807, 2.05) is 0 Å². The standard InChI is InChI=1S/C9H14N2O3/c1-13-7-4-3-6(10)5-9(7,11)8(12)14-2/h3-5,7H,10-11H2,1-2H3. The fourth-order valence-corrected chi connectivity index (χ4v) is 1.39. The minimum Gasteiger partial charge on any atom is -0.467 e. The van der Waals surface area contributed by atoms with Crippen molar-refractivity contribution < 1.29 is 14.3 Å². The highest BCUT2D eigenvalue weighted by Crippen LogP contribution is 2.21. The van der Waals surface area contributed by atoms with Crippen molar-refractivity contribution in [2.75, 3.05) is 14.2 Å². The van der Waals surface area contributed by atoms with Gasteiger partial charge in [0.1, 0.15) is 6.10 Å². The van der Waals surface area contributed by atoms with Crippen LogP contribution in [-0.4, -0.2) is 31.8 Å². The highest BCUT2D eigenvalue weighted by atomic mass is 16.5. The molecule has 2 atom stereocenters. The minimum absolute atomic E-state index is 0.422. The molecule has 5 heteroatoms. The number of carbonyl (C=O) groups is 1. The van der Waals surface area contributed by atoms with Crippen LogP contribution in [0.2, 0.25) is 0 Å². The molecule has 1 aliphatic rings. The Kier molecular flexibility index (Phi) is 2.93. The van der Waals surface area contributed by atoms with Crippen LogP contribution < -0.4 is 11.5 Å². The Balaban J connectivity index is 3.03. The molecule has 0 amide bonds. The second-order valence-corrected chi connectivity index (χ2v) is 3.08. The molecular formula is C9H14N2O3. The molecule has 0 saturated carbocycles. The zero-order valence-corrected chi connectivity index (χ0v) is 8.19. The Morgan fingerprint density at radius 1 is 1.57 bits per heavy atom. The number of carbonyl (C=O) groups excluding carboxylic acids is 1. The fourth-order valence-electron chi connectivity index (χ4n) is 1.39. The summed E-state index contributed by atoms with van der Waals surface area (Å²) in [7, 11) is 2.74. The van der Waals surface area contributed by atoms with E-state index in [0.29, 0.717) is 5.70 Å². The van der Waals surface area contributed by atoms with E-state index >= 15 is 0 Å². The molecule has 0 saturated heterocycles. The van der Waals surface area contributed by atoms with E-state index in [1.54, 1.807) is 12.2 Å². The van der Waals surface area contributed by atoms with Crippen LogP contribution >= 0.6 is 0 Å². The molecule has 0 aromatic carbocycles. The molecule has 0 aromatic heterocycles. The summed E-state index contributed by atoms with van der Waals surface area (Å²) in [6.45, 7) is 0. The molecule has 78 valence electrons. The number of allylic oxidation sites excluding steroid dienone is 1. The molecule has 2 unspecified atom stereocenters. The normalized spacial score (nSPS) is 31.1. The number of hydrogen-bond donors (Lipinski definition) is 2. The molecule has 0 aromatic rings. The quantitative estimate of drug-likeness (QED) is 0.572. The SMILES string of the molecule is COC(=O)C1(N)C=C(N)C=CC1OC. The van der Waals surface area contributed by atoms with Gasteiger partial charge in [-0.15, -0.1) is 0 Å². The number of esters is 1. The van der Waals surface area contributed by atoms with Crippen molar-refractivity contribution in [1.29, 1.82) is 0 Å². The number of nitrogens with two attached hydrogens (primary N) is 2. The maximum Gasteiger partial charge on any atom is 0.333 e. The van der Waals surface area contributed by atoms with Crippen molar-refractivity contribution in [3.63, 3.8) is 0 Å². The second-order valence-electron chi connectivity index (χ2n) is 3.08. The summed E-state index contributed by atoms with van der Waals surface area (Å²) < 4.78 is 9.66. The fraction of sp³-hybridized carbons (Fsp3) is 0.444. The predicted octanol–water partition coefficient (Wildman–Crippen LogP) is -0.716. The van der Waals surface area contributed by atoms with Gasteiger partial charge >= 0.3 is 5.97 Å². The molecule has 0 fully saturated rings. The minimum atomic E-state index is -1.33. The lowest BCUT2D eigenvalue weighted by Gasteiger charge is -2.31. The highest BCUT2D eigenvalue weighted by molar-refractivity contribution is 5.85. The van der Waals surface area contributed by atoms with Gasteiger partial charge in [0, 0.05) is 12.8 Å². The van der Waals surface area contributed by atoms with Crippen molar-refractivity contribution in [3.8, 4) is 0 Å². The summed E-state index contributed by atoms with van der Waals surface area (Å²) in [5.74, 6) is -0.573. The Morgan fingerprint density at radius 2 is 2.21 bits per heavy atom. The molecular weight excluding hydrogens is 184 g/mol. The van der Waals surface area contributed by atoms with Crippen LogP contribution in [0.3, 0.4) is 0 Å². The molecule has 1 rings (SSSR count). The van der Waals surface area contributed by atoms with E-state index in [9.17, 15) is 4.79 Å². The monoisotopic (exact) mass is 198 g/mol. The molecule has 0 spiro atoms. The first kappa shape index (κ1) is 10.7. The Labute approximate surface area is 82.3 Å². The lowest BCUT2D eigenvalue weighted by atomic mass is 9.88. The van der Waals surface area contributed by atoms with Crippen LogP contribution in [0.25, 0.3) is 0 Å². The Morgan fingerprint density at radius 3 is 2.71 bits per heavy atom. The Hall–Kier alpha value is -1.33. The van der Waals surface area contributed by atoms with Gasteiger partial charge in [0.25, 0.3) is 0 Å². The van der Waals surface area contributed by atoms with E-state index in [-0.39, 0.29) is 0 Å². The van der Waals surface area contributed by atoms with Gasteiger partial charge in [-0.1, -0.05) is 6.08 Å². The number of rotatable bonds is 2. The van der Waals surface area contributed by atoms with Gasteiger partial charge in [-0.05, 0) is 12.2 Å². The summed E-state index contributed by atoms with van der Waals surface area (Å²) in [6.07, 6.45) is 4.16. The number of ether oxygens (including phenoxy) is 2. The summed E-state index contributed by atoms with van der Waals surface area (Å²) in [6, 6.07) is 0. The molecule has 0 aliphatic heterocycles. The number of hydrogen-bond acceptors (Lipinski definition) is 5. The first-order valence-corrected chi connectivity index (χ1v) is 4.11. The smallest absolute Gasteiger partial charge is 0.333 e. The van der Waals surface area contributed by atoms with Crippen molar-refractivity contribution in [3.05, 3.63) is 23.9 Å². The van der Waals surface area contributed by atoms with Crippen molar-refractivity contribution in [1.82, 2.24) is 0 Å². The first-order chi connectivity index (χ1) is 6.54. The van der Waals surface area contributed by atoms with Crippen molar-refractivity contribution in [2.45, 2.75) is 11.6 Å². The summed E-state index contributed by atoms with van der Waals surface area (Å²) in [5.41, 5.74) is 10.5. The molecule has 0 heterocycles. The zero-order valence-electron chi connectivity index (χ0n) is 8.19. The third kappa shape index (κ3) is 1.64. The highest BCUT2D eigenvalue weighted by Gasteiger charge is 2.42. The lowest BCUT2D eigenvalue weighted by Crippen LogP contribution is -2.57. The van der Waals surface area contributed by atoms with Crippen LogP contribution in [0.1, 0.15) is 0 Å². The van der Waals surface area contributed by atoms with E-state index < -0.39 is 17.6 Å². The van der Waals surface area contributed by atoms with Crippen LogP contribution in [0.4, 0.5) is 0 Å². The molecule has 1 aliphatic carbocycles. The van der Waals surface area contributed by atoms with Crippen LogP contribution in [0.15, 0.2) is 23.9 Å². The van der Waals surface area contributed by atoms with Crippen LogP contribution in [0, 0.1) is 0 Å². The largest absolute Gasteiger partial charge is 0.467 e. The van der Waals surface area contributed by atoms with Gasteiger partial charge in [0.15, 0.2) is 5.54 Å². The Bertz CT molecular complexity index is 298. The maximum absolute atomic E-state index is 11.4. The first-order valence-electron chi connectivity index (χ1n) is 4.11. The van der Waals surface area contributed by atoms with Gasteiger partial charge in [-0.2, -0.15) is 0 Å². The molecule has 4 N–H and O–H groups in total. The predicted molar refractivity (Wildman–Crippen MR) is 51.1 cm³/mol. The summed E-state index contributed by atoms with van der Waals surface area (Å²) in [5, 5.41) is 0. The molecule has 0 bridgehead atoms. The van der Waals surface area contributed by atoms with Gasteiger partial charge in [-0.25, -0.2) is 4.79 Å². The zero-order chi connectivity index (χ0) is 10.8. The maximum atomic E-state index is 11.4. The summed E-state index contributed by atoms with van der Waals surface area (Å²) >= 11 is 0. The van der Waals surface area contributed by atoms with E-state index in [1.165, 1.54) is 20.3 Å². The van der Waals surface area contributed by atoms with Gasteiger partial charge in [0.2, 0.25) is 0 Å². The average molecular weight is 198 g/mol. The summed E-state index contributed by atoms with van der Waals surface area (Å²) in [4.78, 5) is 11.4. The van der Waals surface area contributed by atoms with Crippen LogP contribution in [-0.2, 0) is 14.3 Å². The average Bonchev–Trinajstić information content (AvgIpc) is 2.16. The van der Waals surface area contributed by atoms with Gasteiger partial charge < -0.3 is 20.9 Å². The molecule has 5 nitrogen and oxygen atoms in total. The second kappa shape index (κ2) is 3.81. The topological polar surface area (TPSA) is 87.6 Å². The molecule has 0 radical (unpaired) electrons. The van der Waals surface area contributed by atoms with Gasteiger partial charge in [0.05, 0.1) is 7.11 Å². The van der Waals surface area contributed by atoms with E-state index in [0.717, 1.165) is 0 Å². The van der Waals surface area contributed by atoms with Crippen LogP contribution in [0.5, 0.6) is 0 Å².